The van der Waals surface area contributed by atoms with E-state index in [2.05, 4.69) is 10.2 Å². The highest BCUT2D eigenvalue weighted by Crippen LogP contribution is 2.39. The summed E-state index contributed by atoms with van der Waals surface area (Å²) in [6, 6.07) is 0.174. The number of hydrogen-bond donors (Lipinski definition) is 2. The molecule has 2 heterocycles. The van der Waals surface area contributed by atoms with Crippen LogP contribution in [0.15, 0.2) is 11.2 Å². The van der Waals surface area contributed by atoms with Crippen molar-refractivity contribution in [1.29, 1.82) is 0 Å². The van der Waals surface area contributed by atoms with Crippen molar-refractivity contribution in [3.63, 3.8) is 0 Å². The Bertz CT molecular complexity index is 554. The average Bonchev–Trinajstić information content (AvgIpc) is 3.05. The Labute approximate surface area is 113 Å². The van der Waals surface area contributed by atoms with Crippen LogP contribution in [0, 0.1) is 5.92 Å². The molecule has 0 aromatic carbocycles. The maximum atomic E-state index is 12.7. The summed E-state index contributed by atoms with van der Waals surface area (Å²) in [6.07, 6.45) is 6.98. The van der Waals surface area contributed by atoms with Gasteiger partial charge in [-0.3, -0.25) is 5.10 Å². The number of H-pyrrole nitrogens is 1. The van der Waals surface area contributed by atoms with Crippen LogP contribution in [0.2, 0.25) is 0 Å². The number of aromatic amines is 1. The molecule has 3 rings (SSSR count). The highest BCUT2D eigenvalue weighted by atomic mass is 32.2. The van der Waals surface area contributed by atoms with Crippen molar-refractivity contribution in [2.45, 2.75) is 49.7 Å². The first-order valence-corrected chi connectivity index (χ1v) is 8.32. The number of rotatable bonds is 3. The second-order valence-corrected chi connectivity index (χ2v) is 7.27. The molecule has 1 saturated carbocycles. The van der Waals surface area contributed by atoms with Gasteiger partial charge in [0.15, 0.2) is 5.03 Å². The molecule has 1 saturated heterocycles. The fourth-order valence-electron chi connectivity index (χ4n) is 3.45. The molecule has 1 aromatic rings. The number of nitrogens with two attached hydrogens (primary N) is 1. The van der Waals surface area contributed by atoms with Crippen molar-refractivity contribution in [2.75, 3.05) is 6.54 Å². The molecule has 2 aliphatic rings. The molecule has 0 amide bonds. The van der Waals surface area contributed by atoms with Crippen molar-refractivity contribution in [3.05, 3.63) is 11.8 Å². The average molecular weight is 284 g/mol. The monoisotopic (exact) mass is 284 g/mol. The lowest BCUT2D eigenvalue weighted by molar-refractivity contribution is 0.260. The van der Waals surface area contributed by atoms with Crippen molar-refractivity contribution < 1.29 is 8.42 Å². The van der Waals surface area contributed by atoms with Crippen LogP contribution in [-0.2, 0) is 16.6 Å². The Morgan fingerprint density at radius 3 is 2.95 bits per heavy atom. The van der Waals surface area contributed by atoms with Gasteiger partial charge in [-0.25, -0.2) is 8.42 Å². The van der Waals surface area contributed by atoms with Gasteiger partial charge in [-0.15, -0.1) is 0 Å². The number of nitrogens with one attached hydrogen (secondary N) is 1. The minimum absolute atomic E-state index is 0.174. The second kappa shape index (κ2) is 4.88. The number of nitrogens with zero attached hydrogens (tertiary/aromatic N) is 2. The van der Waals surface area contributed by atoms with E-state index in [-0.39, 0.29) is 17.6 Å². The molecule has 0 bridgehead atoms. The maximum absolute atomic E-state index is 12.7. The molecule has 6 nitrogen and oxygen atoms in total. The molecule has 1 aliphatic carbocycles. The Kier molecular flexibility index (Phi) is 3.36. The molecule has 19 heavy (non-hydrogen) atoms. The van der Waals surface area contributed by atoms with Gasteiger partial charge < -0.3 is 5.73 Å². The van der Waals surface area contributed by atoms with E-state index < -0.39 is 10.0 Å². The van der Waals surface area contributed by atoms with Gasteiger partial charge in [-0.05, 0) is 25.2 Å². The molecule has 3 N–H and O–H groups in total. The van der Waals surface area contributed by atoms with Crippen LogP contribution in [-0.4, -0.2) is 35.5 Å². The molecule has 7 heteroatoms. The van der Waals surface area contributed by atoms with Crippen LogP contribution >= 0.6 is 0 Å². The highest BCUT2D eigenvalue weighted by molar-refractivity contribution is 7.89. The van der Waals surface area contributed by atoms with Gasteiger partial charge in [-0.1, -0.05) is 12.8 Å². The van der Waals surface area contributed by atoms with E-state index >= 15 is 0 Å². The Balaban J connectivity index is 1.92. The molecule has 1 aromatic heterocycles. The van der Waals surface area contributed by atoms with E-state index in [0.29, 0.717) is 18.0 Å². The van der Waals surface area contributed by atoms with E-state index in [9.17, 15) is 8.42 Å². The van der Waals surface area contributed by atoms with Crippen LogP contribution in [0.5, 0.6) is 0 Å². The lowest BCUT2D eigenvalue weighted by Crippen LogP contribution is -2.39. The minimum atomic E-state index is -3.47. The summed E-state index contributed by atoms with van der Waals surface area (Å²) in [6.45, 7) is 0.813. The predicted octanol–water partition coefficient (Wildman–Crippen LogP) is 0.822. The van der Waals surface area contributed by atoms with Gasteiger partial charge in [0, 0.05) is 24.7 Å². The summed E-state index contributed by atoms with van der Waals surface area (Å²) in [5, 5.41) is 6.62. The third-order valence-electron chi connectivity index (χ3n) is 4.42. The minimum Gasteiger partial charge on any atom is -0.326 e. The Hall–Kier alpha value is -0.920. The van der Waals surface area contributed by atoms with Crippen LogP contribution in [0.1, 0.15) is 37.7 Å². The van der Waals surface area contributed by atoms with E-state index in [1.165, 1.54) is 12.6 Å². The molecule has 2 unspecified atom stereocenters. The molecule has 0 radical (unpaired) electrons. The lowest BCUT2D eigenvalue weighted by atomic mass is 9.86. The van der Waals surface area contributed by atoms with E-state index in [1.54, 1.807) is 4.31 Å². The Morgan fingerprint density at radius 2 is 2.16 bits per heavy atom. The van der Waals surface area contributed by atoms with E-state index in [0.717, 1.165) is 25.7 Å². The summed E-state index contributed by atoms with van der Waals surface area (Å²) >= 11 is 0. The number of fused-ring (bicyclic) bond motifs is 1. The first-order chi connectivity index (χ1) is 9.14. The molecule has 2 fully saturated rings. The fraction of sp³-hybridized carbons (Fsp3) is 0.750. The van der Waals surface area contributed by atoms with Crippen molar-refractivity contribution in [2.24, 2.45) is 11.7 Å². The lowest BCUT2D eigenvalue weighted by Gasteiger charge is -2.30. The number of sulfonamides is 1. The number of aromatic nitrogens is 2. The highest BCUT2D eigenvalue weighted by Gasteiger charge is 2.43. The van der Waals surface area contributed by atoms with Crippen molar-refractivity contribution in [3.8, 4) is 0 Å². The smallest absolute Gasteiger partial charge is 0.260 e. The predicted molar refractivity (Wildman–Crippen MR) is 70.7 cm³/mol. The summed E-state index contributed by atoms with van der Waals surface area (Å²) in [5.74, 6) is 0.535. The third kappa shape index (κ3) is 2.09. The molecule has 106 valence electrons. The molecule has 2 atom stereocenters. The zero-order chi connectivity index (χ0) is 13.5. The first kappa shape index (κ1) is 13.1. The number of hydrogen-bond acceptors (Lipinski definition) is 4. The molecule has 1 aliphatic heterocycles. The summed E-state index contributed by atoms with van der Waals surface area (Å²) in [4.78, 5) is 0. The van der Waals surface area contributed by atoms with E-state index in [4.69, 9.17) is 5.73 Å². The normalized spacial score (nSPS) is 28.5. The van der Waals surface area contributed by atoms with Crippen molar-refractivity contribution in [1.82, 2.24) is 14.5 Å². The molecule has 0 spiro atoms. The van der Waals surface area contributed by atoms with Gasteiger partial charge >= 0.3 is 0 Å². The zero-order valence-electron chi connectivity index (χ0n) is 10.9. The summed E-state index contributed by atoms with van der Waals surface area (Å²) in [5.41, 5.74) is 6.15. The first-order valence-electron chi connectivity index (χ1n) is 6.88. The van der Waals surface area contributed by atoms with Gasteiger partial charge in [0.25, 0.3) is 10.0 Å². The summed E-state index contributed by atoms with van der Waals surface area (Å²) < 4.78 is 27.1. The van der Waals surface area contributed by atoms with Gasteiger partial charge in [-0.2, -0.15) is 9.40 Å². The van der Waals surface area contributed by atoms with Gasteiger partial charge in [0.2, 0.25) is 0 Å². The SMILES string of the molecule is NCc1cn[nH]c1S(=O)(=O)N1CCC2CCCCC21. The largest absolute Gasteiger partial charge is 0.326 e. The fourth-order valence-corrected chi connectivity index (χ4v) is 5.30. The van der Waals surface area contributed by atoms with Crippen molar-refractivity contribution >= 4 is 10.0 Å². The topological polar surface area (TPSA) is 92.1 Å². The van der Waals surface area contributed by atoms with Crippen LogP contribution in [0.3, 0.4) is 0 Å². The molecular formula is C12H20N4O2S. The Morgan fingerprint density at radius 1 is 1.37 bits per heavy atom. The quantitative estimate of drug-likeness (QED) is 0.859. The third-order valence-corrected chi connectivity index (χ3v) is 6.36. The second-order valence-electron chi connectivity index (χ2n) is 5.44. The van der Waals surface area contributed by atoms with Gasteiger partial charge in [0.1, 0.15) is 0 Å². The summed E-state index contributed by atoms with van der Waals surface area (Å²) in [7, 11) is -3.47. The maximum Gasteiger partial charge on any atom is 0.260 e. The molecular weight excluding hydrogens is 264 g/mol. The zero-order valence-corrected chi connectivity index (χ0v) is 11.7. The van der Waals surface area contributed by atoms with Crippen LogP contribution in [0.4, 0.5) is 0 Å². The van der Waals surface area contributed by atoms with Gasteiger partial charge in [0.05, 0.1) is 6.20 Å². The van der Waals surface area contributed by atoms with E-state index in [1.807, 2.05) is 0 Å². The standard InChI is InChI=1S/C12H20N4O2S/c13-7-10-8-14-15-12(10)19(17,18)16-6-5-9-3-1-2-4-11(9)16/h8-9,11H,1-7,13H2,(H,14,15). The van der Waals surface area contributed by atoms with Crippen LogP contribution < -0.4 is 5.73 Å². The van der Waals surface area contributed by atoms with Crippen LogP contribution in [0.25, 0.3) is 0 Å².